The minimum Gasteiger partial charge on any atom is -0.497 e. The van der Waals surface area contributed by atoms with E-state index in [-0.39, 0.29) is 23.5 Å². The van der Waals surface area contributed by atoms with E-state index in [4.69, 9.17) is 9.47 Å². The third-order valence-electron chi connectivity index (χ3n) is 5.82. The number of methoxy groups -OCH3 is 2. The average Bonchev–Trinajstić information content (AvgIpc) is 3.29. The number of aromatic nitrogens is 3. The van der Waals surface area contributed by atoms with Crippen LogP contribution in [0, 0.1) is 5.82 Å². The first-order valence-corrected chi connectivity index (χ1v) is 12.0. The van der Waals surface area contributed by atoms with E-state index < -0.39 is 29.2 Å². The van der Waals surface area contributed by atoms with Crippen molar-refractivity contribution in [3.63, 3.8) is 0 Å². The van der Waals surface area contributed by atoms with Gasteiger partial charge in [-0.3, -0.25) is 14.5 Å². The van der Waals surface area contributed by atoms with Crippen molar-refractivity contribution in [1.29, 1.82) is 0 Å². The maximum absolute atomic E-state index is 15.3. The molecular weight excluding hydrogens is 489 g/mol. The van der Waals surface area contributed by atoms with Crippen molar-refractivity contribution < 1.29 is 23.5 Å². The molecule has 38 heavy (non-hydrogen) atoms. The van der Waals surface area contributed by atoms with Crippen molar-refractivity contribution in [1.82, 2.24) is 20.3 Å². The molecule has 198 valence electrons. The summed E-state index contributed by atoms with van der Waals surface area (Å²) in [6.07, 6.45) is 0. The smallest absolute Gasteiger partial charge is 0.249 e. The highest BCUT2D eigenvalue weighted by Crippen LogP contribution is 2.38. The predicted molar refractivity (Wildman–Crippen MR) is 142 cm³/mol. The molecule has 1 aromatic heterocycles. The second-order valence-corrected chi connectivity index (χ2v) is 9.70. The number of hydrogen-bond donors (Lipinski definition) is 1. The van der Waals surface area contributed by atoms with Crippen LogP contribution in [0.1, 0.15) is 32.4 Å². The highest BCUT2D eigenvalue weighted by Gasteiger charge is 2.37. The summed E-state index contributed by atoms with van der Waals surface area (Å²) < 4.78 is 27.6. The van der Waals surface area contributed by atoms with Crippen LogP contribution in [0.2, 0.25) is 0 Å². The molecule has 3 aromatic carbocycles. The van der Waals surface area contributed by atoms with Gasteiger partial charge in [-0.1, -0.05) is 35.5 Å². The maximum Gasteiger partial charge on any atom is 0.249 e. The molecule has 1 atom stereocenters. The minimum absolute atomic E-state index is 0.0314. The van der Waals surface area contributed by atoms with E-state index in [0.717, 1.165) is 0 Å². The van der Waals surface area contributed by atoms with E-state index in [1.54, 1.807) is 36.4 Å². The number of rotatable bonds is 8. The molecule has 0 fully saturated rings. The van der Waals surface area contributed by atoms with E-state index in [9.17, 15) is 9.59 Å². The van der Waals surface area contributed by atoms with Crippen molar-refractivity contribution in [2.75, 3.05) is 19.1 Å². The van der Waals surface area contributed by atoms with Gasteiger partial charge in [0, 0.05) is 17.2 Å². The number of anilines is 1. The molecule has 0 radical (unpaired) electrons. The Hall–Kier alpha value is -4.47. The summed E-state index contributed by atoms with van der Waals surface area (Å²) in [4.78, 5) is 29.2. The molecule has 4 rings (SSSR count). The molecule has 0 spiro atoms. The molecular formula is C28H30FN5O4. The van der Waals surface area contributed by atoms with Crippen molar-refractivity contribution in [2.45, 2.75) is 38.9 Å². The largest absolute Gasteiger partial charge is 0.497 e. The topological polar surface area (TPSA) is 98.6 Å². The molecule has 0 aliphatic heterocycles. The number of para-hydroxylation sites is 1. The molecule has 1 N–H and O–H groups in total. The molecule has 0 aliphatic carbocycles. The molecule has 2 amide bonds. The van der Waals surface area contributed by atoms with Gasteiger partial charge in [0.05, 0.1) is 25.4 Å². The zero-order valence-corrected chi connectivity index (χ0v) is 21.9. The SMILES string of the molecule is COc1ccc(N(C(=O)Cn2nnc3ccccc32)C(C(=O)NC(C)(C)C)c2ccccc2F)c(OC)c1. The third kappa shape index (κ3) is 5.59. The summed E-state index contributed by atoms with van der Waals surface area (Å²) in [5.74, 6) is -0.954. The van der Waals surface area contributed by atoms with E-state index in [1.807, 2.05) is 32.9 Å². The number of hydrogen-bond acceptors (Lipinski definition) is 6. The Bertz CT molecular complexity index is 1460. The predicted octanol–water partition coefficient (Wildman–Crippen LogP) is 4.28. The first-order valence-electron chi connectivity index (χ1n) is 12.0. The zero-order valence-electron chi connectivity index (χ0n) is 21.9. The van der Waals surface area contributed by atoms with E-state index in [2.05, 4.69) is 15.6 Å². The number of amides is 2. The van der Waals surface area contributed by atoms with Gasteiger partial charge >= 0.3 is 0 Å². The Balaban J connectivity index is 1.90. The van der Waals surface area contributed by atoms with Gasteiger partial charge in [-0.05, 0) is 51.1 Å². The summed E-state index contributed by atoms with van der Waals surface area (Å²) in [5.41, 5.74) is 0.902. The Morgan fingerprint density at radius 2 is 1.74 bits per heavy atom. The summed E-state index contributed by atoms with van der Waals surface area (Å²) in [6, 6.07) is 16.6. The average molecular weight is 520 g/mol. The Morgan fingerprint density at radius 3 is 2.42 bits per heavy atom. The number of carbonyl (C=O) groups excluding carboxylic acids is 2. The Morgan fingerprint density at radius 1 is 1.03 bits per heavy atom. The van der Waals surface area contributed by atoms with E-state index >= 15 is 4.39 Å². The van der Waals surface area contributed by atoms with Gasteiger partial charge in [-0.15, -0.1) is 5.10 Å². The lowest BCUT2D eigenvalue weighted by Gasteiger charge is -2.34. The van der Waals surface area contributed by atoms with Crippen LogP contribution >= 0.6 is 0 Å². The molecule has 0 bridgehead atoms. The fraction of sp³-hybridized carbons (Fsp3) is 0.286. The normalized spacial score (nSPS) is 12.2. The molecule has 1 unspecified atom stereocenters. The van der Waals surface area contributed by atoms with Gasteiger partial charge in [0.25, 0.3) is 0 Å². The molecule has 0 aliphatic rings. The van der Waals surface area contributed by atoms with Crippen molar-refractivity contribution in [2.24, 2.45) is 0 Å². The number of nitrogens with zero attached hydrogens (tertiary/aromatic N) is 4. The van der Waals surface area contributed by atoms with Crippen molar-refractivity contribution in [3.8, 4) is 11.5 Å². The standard InChI is InChI=1S/C28H30FN5O4/c1-28(2,3)30-27(36)26(19-10-6-7-11-20(19)29)34(23-15-14-18(37-4)16-24(23)38-5)25(35)17-33-22-13-9-8-12-21(22)31-32-33/h6-16,26H,17H2,1-5H3,(H,30,36). The van der Waals surface area contributed by atoms with Crippen molar-refractivity contribution in [3.05, 3.63) is 78.1 Å². The summed E-state index contributed by atoms with van der Waals surface area (Å²) >= 11 is 0. The summed E-state index contributed by atoms with van der Waals surface area (Å²) in [7, 11) is 2.95. The van der Waals surface area contributed by atoms with Crippen LogP contribution in [0.25, 0.3) is 11.0 Å². The number of halogens is 1. The molecule has 4 aromatic rings. The lowest BCUT2D eigenvalue weighted by atomic mass is 10.00. The summed E-state index contributed by atoms with van der Waals surface area (Å²) in [5, 5.41) is 11.1. The van der Waals surface area contributed by atoms with E-state index in [1.165, 1.54) is 42.0 Å². The van der Waals surface area contributed by atoms with Gasteiger partial charge in [0.15, 0.2) is 0 Å². The number of nitrogens with one attached hydrogen (secondary N) is 1. The number of benzene rings is 3. The van der Waals surface area contributed by atoms with Crippen molar-refractivity contribution >= 4 is 28.5 Å². The van der Waals surface area contributed by atoms with Gasteiger partial charge in [-0.25, -0.2) is 9.07 Å². The lowest BCUT2D eigenvalue weighted by Crippen LogP contribution is -2.50. The highest BCUT2D eigenvalue weighted by atomic mass is 19.1. The molecule has 0 saturated carbocycles. The van der Waals surface area contributed by atoms with Gasteiger partial charge in [-0.2, -0.15) is 0 Å². The number of ether oxygens (including phenoxy) is 2. The molecule has 1 heterocycles. The first-order chi connectivity index (χ1) is 18.1. The van der Waals surface area contributed by atoms with Crippen LogP contribution in [0.3, 0.4) is 0 Å². The minimum atomic E-state index is -1.36. The Labute approximate surface area is 220 Å². The van der Waals surface area contributed by atoms with E-state index in [0.29, 0.717) is 16.8 Å². The second kappa shape index (κ2) is 10.9. The van der Waals surface area contributed by atoms with Gasteiger partial charge < -0.3 is 14.8 Å². The third-order valence-corrected chi connectivity index (χ3v) is 5.82. The van der Waals surface area contributed by atoms with Crippen LogP contribution in [0.15, 0.2) is 66.7 Å². The quantitative estimate of drug-likeness (QED) is 0.373. The van der Waals surface area contributed by atoms with Crippen LogP contribution in [0.4, 0.5) is 10.1 Å². The monoisotopic (exact) mass is 519 g/mol. The zero-order chi connectivity index (χ0) is 27.4. The van der Waals surface area contributed by atoms with Crippen LogP contribution in [-0.4, -0.2) is 46.6 Å². The van der Waals surface area contributed by atoms with Crippen LogP contribution < -0.4 is 19.7 Å². The fourth-order valence-electron chi connectivity index (χ4n) is 4.17. The Kier molecular flexibility index (Phi) is 7.61. The first kappa shape index (κ1) is 26.6. The molecule has 0 saturated heterocycles. The maximum atomic E-state index is 15.3. The van der Waals surface area contributed by atoms with Gasteiger partial charge in [0.1, 0.15) is 35.4 Å². The lowest BCUT2D eigenvalue weighted by molar-refractivity contribution is -0.128. The fourth-order valence-corrected chi connectivity index (χ4v) is 4.17. The van der Waals surface area contributed by atoms with Gasteiger partial charge in [0.2, 0.25) is 11.8 Å². The highest BCUT2D eigenvalue weighted by molar-refractivity contribution is 6.02. The second-order valence-electron chi connectivity index (χ2n) is 9.70. The number of fused-ring (bicyclic) bond motifs is 1. The number of carbonyl (C=O) groups is 2. The summed E-state index contributed by atoms with van der Waals surface area (Å²) in [6.45, 7) is 5.17. The van der Waals surface area contributed by atoms with Crippen LogP contribution in [-0.2, 0) is 16.1 Å². The van der Waals surface area contributed by atoms with Crippen LogP contribution in [0.5, 0.6) is 11.5 Å². The molecule has 9 nitrogen and oxygen atoms in total. The molecule has 10 heteroatoms.